The van der Waals surface area contributed by atoms with Gasteiger partial charge in [0.05, 0.1) is 10.6 Å². The van der Waals surface area contributed by atoms with Crippen molar-refractivity contribution in [1.29, 1.82) is 0 Å². The maximum absolute atomic E-state index is 10.8. The molecule has 0 unspecified atom stereocenters. The number of carbonyl (C=O) groups is 1. The van der Waals surface area contributed by atoms with Gasteiger partial charge < -0.3 is 9.80 Å². The summed E-state index contributed by atoms with van der Waals surface area (Å²) in [6.45, 7) is 6.14. The fraction of sp³-hybridized carbons (Fsp3) is 0.636. The van der Waals surface area contributed by atoms with Gasteiger partial charge in [-0.15, -0.1) is 0 Å². The fourth-order valence-corrected chi connectivity index (χ4v) is 2.81. The quantitative estimate of drug-likeness (QED) is 0.731. The molecule has 1 saturated heterocycles. The zero-order chi connectivity index (χ0) is 11.5. The molecule has 4 nitrogen and oxygen atoms in total. The number of hydrogen-bond donors (Lipinski definition) is 0. The average molecular weight is 239 g/mol. The Morgan fingerprint density at radius 3 is 2.81 bits per heavy atom. The van der Waals surface area contributed by atoms with E-state index in [9.17, 15) is 4.79 Å². The number of hydrogen-bond acceptors (Lipinski definition) is 5. The standard InChI is InChI=1S/C11H17N3OS/c1-9-10(8-15)16-11(12-9)14-5-3-4-13(2)6-7-14/h8H,3-7H2,1-2H3. The van der Waals surface area contributed by atoms with Gasteiger partial charge in [0, 0.05) is 19.6 Å². The number of likely N-dealkylation sites (N-methyl/N-ethyl adjacent to an activating group) is 1. The Bertz CT molecular complexity index is 377. The highest BCUT2D eigenvalue weighted by atomic mass is 32.1. The molecule has 0 radical (unpaired) electrons. The molecule has 5 heteroatoms. The van der Waals surface area contributed by atoms with Gasteiger partial charge in [0.25, 0.3) is 0 Å². The highest BCUT2D eigenvalue weighted by Gasteiger charge is 2.16. The number of rotatable bonds is 2. The van der Waals surface area contributed by atoms with Gasteiger partial charge in [-0.3, -0.25) is 4.79 Å². The van der Waals surface area contributed by atoms with Crippen LogP contribution >= 0.6 is 11.3 Å². The predicted octanol–water partition coefficient (Wildman–Crippen LogP) is 1.41. The van der Waals surface area contributed by atoms with Gasteiger partial charge in [0.15, 0.2) is 11.4 Å². The number of anilines is 1. The molecule has 1 aromatic rings. The van der Waals surface area contributed by atoms with Crippen molar-refractivity contribution in [2.24, 2.45) is 0 Å². The number of aromatic nitrogens is 1. The summed E-state index contributed by atoms with van der Waals surface area (Å²) in [6.07, 6.45) is 2.06. The molecule has 16 heavy (non-hydrogen) atoms. The monoisotopic (exact) mass is 239 g/mol. The lowest BCUT2D eigenvalue weighted by Gasteiger charge is -2.18. The predicted molar refractivity (Wildman–Crippen MR) is 66.6 cm³/mol. The molecular formula is C11H17N3OS. The smallest absolute Gasteiger partial charge is 0.186 e. The van der Waals surface area contributed by atoms with E-state index in [2.05, 4.69) is 21.8 Å². The van der Waals surface area contributed by atoms with Crippen molar-refractivity contribution in [2.75, 3.05) is 38.1 Å². The van der Waals surface area contributed by atoms with Gasteiger partial charge in [0.1, 0.15) is 0 Å². The maximum atomic E-state index is 10.8. The topological polar surface area (TPSA) is 36.4 Å². The summed E-state index contributed by atoms with van der Waals surface area (Å²) in [6, 6.07) is 0. The fourth-order valence-electron chi connectivity index (χ4n) is 1.88. The third kappa shape index (κ3) is 2.41. The summed E-state index contributed by atoms with van der Waals surface area (Å²) in [4.78, 5) is 20.6. The average Bonchev–Trinajstić information content (AvgIpc) is 2.50. The SMILES string of the molecule is Cc1nc(N2CCCN(C)CC2)sc1C=O. The molecule has 0 atom stereocenters. The molecule has 0 aliphatic carbocycles. The van der Waals surface area contributed by atoms with E-state index in [1.807, 2.05) is 6.92 Å². The van der Waals surface area contributed by atoms with Crippen LogP contribution in [0.5, 0.6) is 0 Å². The molecule has 0 N–H and O–H groups in total. The number of aryl methyl sites for hydroxylation is 1. The molecule has 1 aliphatic rings. The molecule has 0 spiro atoms. The van der Waals surface area contributed by atoms with Crippen molar-refractivity contribution < 1.29 is 4.79 Å². The lowest BCUT2D eigenvalue weighted by Crippen LogP contribution is -2.28. The first-order valence-electron chi connectivity index (χ1n) is 5.57. The molecule has 2 rings (SSSR count). The third-order valence-electron chi connectivity index (χ3n) is 2.92. The van der Waals surface area contributed by atoms with Crippen molar-refractivity contribution in [3.05, 3.63) is 10.6 Å². The second-order valence-electron chi connectivity index (χ2n) is 4.21. The summed E-state index contributed by atoms with van der Waals surface area (Å²) in [5, 5.41) is 0.995. The Labute approximate surface area is 99.9 Å². The van der Waals surface area contributed by atoms with E-state index in [0.29, 0.717) is 0 Å². The van der Waals surface area contributed by atoms with E-state index in [1.54, 1.807) is 0 Å². The zero-order valence-corrected chi connectivity index (χ0v) is 10.6. The van der Waals surface area contributed by atoms with Crippen molar-refractivity contribution in [1.82, 2.24) is 9.88 Å². The zero-order valence-electron chi connectivity index (χ0n) is 9.77. The second-order valence-corrected chi connectivity index (χ2v) is 5.22. The normalized spacial score (nSPS) is 18.5. The summed E-state index contributed by atoms with van der Waals surface area (Å²) in [5.41, 5.74) is 0.854. The van der Waals surface area contributed by atoms with E-state index in [4.69, 9.17) is 0 Å². The minimum atomic E-state index is 0.757. The molecule has 88 valence electrons. The molecule has 2 heterocycles. The molecule has 1 fully saturated rings. The summed E-state index contributed by atoms with van der Waals surface area (Å²) < 4.78 is 0. The Kier molecular flexibility index (Phi) is 3.56. The maximum Gasteiger partial charge on any atom is 0.186 e. The Hall–Kier alpha value is -0.940. The van der Waals surface area contributed by atoms with Gasteiger partial charge in [-0.2, -0.15) is 0 Å². The molecular weight excluding hydrogens is 222 g/mol. The first-order valence-corrected chi connectivity index (χ1v) is 6.38. The Morgan fingerprint density at radius 2 is 2.12 bits per heavy atom. The lowest BCUT2D eigenvalue weighted by molar-refractivity contribution is 0.112. The highest BCUT2D eigenvalue weighted by Crippen LogP contribution is 2.25. The summed E-state index contributed by atoms with van der Waals surface area (Å²) in [7, 11) is 2.15. The molecule has 0 aromatic carbocycles. The molecule has 0 saturated carbocycles. The van der Waals surface area contributed by atoms with Crippen molar-refractivity contribution >= 4 is 22.8 Å². The number of thiazole rings is 1. The minimum Gasteiger partial charge on any atom is -0.347 e. The van der Waals surface area contributed by atoms with E-state index in [0.717, 1.165) is 54.6 Å². The van der Waals surface area contributed by atoms with Crippen molar-refractivity contribution in [3.8, 4) is 0 Å². The lowest BCUT2D eigenvalue weighted by atomic mass is 10.4. The van der Waals surface area contributed by atoms with Crippen molar-refractivity contribution in [3.63, 3.8) is 0 Å². The van der Waals surface area contributed by atoms with Crippen LogP contribution < -0.4 is 4.90 Å². The third-order valence-corrected chi connectivity index (χ3v) is 4.06. The van der Waals surface area contributed by atoms with Gasteiger partial charge in [0.2, 0.25) is 0 Å². The molecule has 1 aromatic heterocycles. The van der Waals surface area contributed by atoms with E-state index < -0.39 is 0 Å². The Morgan fingerprint density at radius 1 is 1.31 bits per heavy atom. The minimum absolute atomic E-state index is 0.757. The molecule has 0 bridgehead atoms. The summed E-state index contributed by atoms with van der Waals surface area (Å²) >= 11 is 1.50. The molecule has 0 amide bonds. The van der Waals surface area contributed by atoms with Crippen LogP contribution in [0.25, 0.3) is 0 Å². The van der Waals surface area contributed by atoms with E-state index >= 15 is 0 Å². The largest absolute Gasteiger partial charge is 0.347 e. The van der Waals surface area contributed by atoms with Crippen molar-refractivity contribution in [2.45, 2.75) is 13.3 Å². The van der Waals surface area contributed by atoms with Crippen LogP contribution in [0.2, 0.25) is 0 Å². The number of carbonyl (C=O) groups excluding carboxylic acids is 1. The van der Waals surface area contributed by atoms with Crippen LogP contribution in [-0.4, -0.2) is 49.4 Å². The van der Waals surface area contributed by atoms with Crippen LogP contribution in [0.4, 0.5) is 5.13 Å². The van der Waals surface area contributed by atoms with Gasteiger partial charge in [-0.05, 0) is 26.9 Å². The van der Waals surface area contributed by atoms with Gasteiger partial charge >= 0.3 is 0 Å². The number of nitrogens with zero attached hydrogens (tertiary/aromatic N) is 3. The van der Waals surface area contributed by atoms with Gasteiger partial charge in [-0.25, -0.2) is 4.98 Å². The van der Waals surface area contributed by atoms with Crippen LogP contribution in [0.1, 0.15) is 21.8 Å². The summed E-state index contributed by atoms with van der Waals surface area (Å²) in [5.74, 6) is 0. The molecule has 1 aliphatic heterocycles. The van der Waals surface area contributed by atoms with E-state index in [1.165, 1.54) is 11.3 Å². The number of aldehydes is 1. The Balaban J connectivity index is 2.13. The van der Waals surface area contributed by atoms with Gasteiger partial charge in [-0.1, -0.05) is 11.3 Å². The van der Waals surface area contributed by atoms with E-state index in [-0.39, 0.29) is 0 Å². The van der Waals surface area contributed by atoms with Crippen LogP contribution in [0, 0.1) is 6.92 Å². The van der Waals surface area contributed by atoms with Crippen LogP contribution in [0.15, 0.2) is 0 Å². The first-order chi connectivity index (χ1) is 7.70. The highest BCUT2D eigenvalue weighted by molar-refractivity contribution is 7.17. The second kappa shape index (κ2) is 4.93. The van der Waals surface area contributed by atoms with Crippen LogP contribution in [-0.2, 0) is 0 Å². The first kappa shape index (κ1) is 11.5. The van der Waals surface area contributed by atoms with Crippen LogP contribution in [0.3, 0.4) is 0 Å².